The maximum Gasteiger partial charge on any atom is 0.0656 e. The summed E-state index contributed by atoms with van der Waals surface area (Å²) in [5.41, 5.74) is 5.82. The molecule has 0 aliphatic heterocycles. The van der Waals surface area contributed by atoms with Gasteiger partial charge in [0.05, 0.1) is 12.1 Å². The van der Waals surface area contributed by atoms with Crippen LogP contribution in [-0.2, 0) is 4.74 Å². The van der Waals surface area contributed by atoms with Crippen molar-refractivity contribution in [3.8, 4) is 0 Å². The van der Waals surface area contributed by atoms with E-state index in [0.717, 1.165) is 13.1 Å². The number of likely N-dealkylation sites (N-methyl/N-ethyl adjacent to an activating group) is 1. The number of nitrogens with two attached hydrogens (primary N) is 1. The van der Waals surface area contributed by atoms with Gasteiger partial charge in [-0.05, 0) is 26.4 Å². The van der Waals surface area contributed by atoms with Crippen LogP contribution >= 0.6 is 0 Å². The summed E-state index contributed by atoms with van der Waals surface area (Å²) >= 11 is 0. The van der Waals surface area contributed by atoms with Crippen LogP contribution in [0, 0.1) is 0 Å². The van der Waals surface area contributed by atoms with Crippen LogP contribution in [0.25, 0.3) is 0 Å². The molecule has 0 spiro atoms. The zero-order valence-corrected chi connectivity index (χ0v) is 10.2. The Hall–Kier alpha value is -0.120. The molecule has 0 saturated heterocycles. The average molecular weight is 202 g/mol. The lowest BCUT2D eigenvalue weighted by Gasteiger charge is -2.39. The normalized spacial score (nSPS) is 15.9. The highest BCUT2D eigenvalue weighted by atomic mass is 16.5. The smallest absolute Gasteiger partial charge is 0.0656 e. The second-order valence-electron chi connectivity index (χ2n) is 4.07. The van der Waals surface area contributed by atoms with Gasteiger partial charge in [-0.3, -0.25) is 4.90 Å². The Labute approximate surface area is 88.6 Å². The van der Waals surface area contributed by atoms with E-state index in [1.165, 1.54) is 12.8 Å². The van der Waals surface area contributed by atoms with Gasteiger partial charge < -0.3 is 10.5 Å². The average Bonchev–Trinajstić information content (AvgIpc) is 2.19. The van der Waals surface area contributed by atoms with Crippen molar-refractivity contribution in [1.29, 1.82) is 0 Å². The molecule has 3 nitrogen and oxygen atoms in total. The van der Waals surface area contributed by atoms with Crippen molar-refractivity contribution >= 4 is 0 Å². The summed E-state index contributed by atoms with van der Waals surface area (Å²) < 4.78 is 5.24. The summed E-state index contributed by atoms with van der Waals surface area (Å²) in [7, 11) is 1.74. The quantitative estimate of drug-likeness (QED) is 0.648. The fraction of sp³-hybridized carbons (Fsp3) is 1.00. The summed E-state index contributed by atoms with van der Waals surface area (Å²) in [6.45, 7) is 10.1. The van der Waals surface area contributed by atoms with Crippen LogP contribution in [0.4, 0.5) is 0 Å². The molecule has 1 atom stereocenters. The van der Waals surface area contributed by atoms with Crippen LogP contribution in [-0.4, -0.2) is 43.8 Å². The minimum absolute atomic E-state index is 0.00132. The van der Waals surface area contributed by atoms with Crippen LogP contribution in [0.3, 0.4) is 0 Å². The van der Waals surface area contributed by atoms with Crippen molar-refractivity contribution in [2.24, 2.45) is 5.73 Å². The minimum Gasteiger partial charge on any atom is -0.383 e. The van der Waals surface area contributed by atoms with Crippen molar-refractivity contribution in [1.82, 2.24) is 4.90 Å². The van der Waals surface area contributed by atoms with Gasteiger partial charge >= 0.3 is 0 Å². The van der Waals surface area contributed by atoms with Crippen molar-refractivity contribution in [2.75, 3.05) is 33.4 Å². The lowest BCUT2D eigenvalue weighted by molar-refractivity contribution is 0.0293. The Morgan fingerprint density at radius 3 is 2.36 bits per heavy atom. The van der Waals surface area contributed by atoms with Crippen molar-refractivity contribution in [3.63, 3.8) is 0 Å². The molecule has 14 heavy (non-hydrogen) atoms. The van der Waals surface area contributed by atoms with Gasteiger partial charge in [0.25, 0.3) is 0 Å². The van der Waals surface area contributed by atoms with Crippen molar-refractivity contribution in [3.05, 3.63) is 0 Å². The van der Waals surface area contributed by atoms with Crippen molar-refractivity contribution in [2.45, 2.75) is 39.2 Å². The highest BCUT2D eigenvalue weighted by molar-refractivity contribution is 4.86. The van der Waals surface area contributed by atoms with Crippen LogP contribution in [0.2, 0.25) is 0 Å². The zero-order chi connectivity index (χ0) is 11.0. The largest absolute Gasteiger partial charge is 0.383 e. The lowest BCUT2D eigenvalue weighted by atomic mass is 10.0. The Bertz CT molecular complexity index is 141. The Morgan fingerprint density at radius 1 is 1.36 bits per heavy atom. The number of rotatable bonds is 8. The molecule has 2 N–H and O–H groups in total. The molecule has 0 aliphatic carbocycles. The molecule has 0 heterocycles. The zero-order valence-electron chi connectivity index (χ0n) is 10.2. The van der Waals surface area contributed by atoms with Gasteiger partial charge in [0.2, 0.25) is 0 Å². The van der Waals surface area contributed by atoms with Gasteiger partial charge in [0, 0.05) is 13.7 Å². The van der Waals surface area contributed by atoms with E-state index in [-0.39, 0.29) is 5.54 Å². The number of nitrogens with zero attached hydrogens (tertiary/aromatic N) is 1. The summed E-state index contributed by atoms with van der Waals surface area (Å²) in [6.07, 6.45) is 2.46. The van der Waals surface area contributed by atoms with E-state index >= 15 is 0 Å². The topological polar surface area (TPSA) is 38.5 Å². The maximum atomic E-state index is 5.82. The molecule has 0 saturated carbocycles. The molecule has 86 valence electrons. The number of ether oxygens (including phenoxy) is 1. The predicted octanol–water partition coefficient (Wildman–Crippen LogP) is 1.47. The SMILES string of the molecule is CCCCN(CC)C(C)(CN)COC. The highest BCUT2D eigenvalue weighted by Crippen LogP contribution is 2.14. The van der Waals surface area contributed by atoms with E-state index < -0.39 is 0 Å². The standard InChI is InChI=1S/C11H26N2O/c1-5-7-8-13(6-2)11(3,9-12)10-14-4/h5-10,12H2,1-4H3. The van der Waals surface area contributed by atoms with E-state index in [2.05, 4.69) is 25.7 Å². The Morgan fingerprint density at radius 2 is 2.00 bits per heavy atom. The molecule has 0 radical (unpaired) electrons. The Balaban J connectivity index is 4.26. The third-order valence-corrected chi connectivity index (χ3v) is 2.82. The van der Waals surface area contributed by atoms with E-state index in [4.69, 9.17) is 10.5 Å². The first-order valence-electron chi connectivity index (χ1n) is 5.58. The van der Waals surface area contributed by atoms with E-state index in [1.807, 2.05) is 0 Å². The van der Waals surface area contributed by atoms with Gasteiger partial charge in [-0.1, -0.05) is 20.3 Å². The van der Waals surface area contributed by atoms with Crippen LogP contribution in [0.1, 0.15) is 33.6 Å². The molecule has 0 rings (SSSR count). The summed E-state index contributed by atoms with van der Waals surface area (Å²) in [6, 6.07) is 0. The number of methoxy groups -OCH3 is 1. The molecular formula is C11H26N2O. The van der Waals surface area contributed by atoms with Crippen LogP contribution in [0.15, 0.2) is 0 Å². The number of hydrogen-bond donors (Lipinski definition) is 1. The highest BCUT2D eigenvalue weighted by Gasteiger charge is 2.28. The minimum atomic E-state index is -0.00132. The first-order valence-corrected chi connectivity index (χ1v) is 5.58. The van der Waals surface area contributed by atoms with E-state index in [1.54, 1.807) is 7.11 Å². The lowest BCUT2D eigenvalue weighted by Crippen LogP contribution is -2.54. The summed E-state index contributed by atoms with van der Waals surface area (Å²) in [4.78, 5) is 2.42. The molecule has 0 aliphatic rings. The fourth-order valence-electron chi connectivity index (χ4n) is 1.75. The monoisotopic (exact) mass is 202 g/mol. The molecule has 0 aromatic carbocycles. The third kappa shape index (κ3) is 3.95. The number of hydrogen-bond acceptors (Lipinski definition) is 3. The summed E-state index contributed by atoms with van der Waals surface area (Å²) in [5, 5.41) is 0. The molecule has 0 aromatic rings. The molecule has 0 bridgehead atoms. The van der Waals surface area contributed by atoms with Crippen molar-refractivity contribution < 1.29 is 4.74 Å². The van der Waals surface area contributed by atoms with E-state index in [0.29, 0.717) is 13.2 Å². The van der Waals surface area contributed by atoms with Gasteiger partial charge in [-0.2, -0.15) is 0 Å². The fourth-order valence-corrected chi connectivity index (χ4v) is 1.75. The molecule has 0 amide bonds. The van der Waals surface area contributed by atoms with Crippen LogP contribution < -0.4 is 5.73 Å². The third-order valence-electron chi connectivity index (χ3n) is 2.82. The maximum absolute atomic E-state index is 5.82. The first-order chi connectivity index (χ1) is 6.64. The van der Waals surface area contributed by atoms with Gasteiger partial charge in [0.1, 0.15) is 0 Å². The summed E-state index contributed by atoms with van der Waals surface area (Å²) in [5.74, 6) is 0. The predicted molar refractivity (Wildman–Crippen MR) is 61.5 cm³/mol. The molecule has 0 aromatic heterocycles. The Kier molecular flexibility index (Phi) is 7.15. The van der Waals surface area contributed by atoms with Gasteiger partial charge in [0.15, 0.2) is 0 Å². The van der Waals surface area contributed by atoms with Gasteiger partial charge in [-0.15, -0.1) is 0 Å². The molecule has 0 fully saturated rings. The van der Waals surface area contributed by atoms with E-state index in [9.17, 15) is 0 Å². The second kappa shape index (κ2) is 7.21. The molecule has 1 unspecified atom stereocenters. The molecule has 3 heteroatoms. The van der Waals surface area contributed by atoms with Crippen LogP contribution in [0.5, 0.6) is 0 Å². The second-order valence-corrected chi connectivity index (χ2v) is 4.07. The van der Waals surface area contributed by atoms with Gasteiger partial charge in [-0.25, -0.2) is 0 Å². The number of unbranched alkanes of at least 4 members (excludes halogenated alkanes) is 1. The molecular weight excluding hydrogens is 176 g/mol. The first kappa shape index (κ1) is 13.9.